The molecule has 1 fully saturated rings. The van der Waals surface area contributed by atoms with Crippen molar-refractivity contribution in [2.45, 2.75) is 44.9 Å². The van der Waals surface area contributed by atoms with Gasteiger partial charge in [-0.15, -0.1) is 0 Å². The number of hydrogen-bond acceptors (Lipinski definition) is 3. The zero-order valence-corrected chi connectivity index (χ0v) is 13.7. The Hall–Kier alpha value is -0.650. The Labute approximate surface area is 128 Å². The monoisotopic (exact) mass is 345 g/mol. The molecule has 0 saturated carbocycles. The van der Waals surface area contributed by atoms with E-state index in [0.29, 0.717) is 10.2 Å². The molecule has 112 valence electrons. The number of methoxy groups -OCH3 is 1. The van der Waals surface area contributed by atoms with Crippen molar-refractivity contribution in [1.82, 2.24) is 5.32 Å². The van der Waals surface area contributed by atoms with Crippen LogP contribution in [-0.4, -0.2) is 25.9 Å². The molecular formula is C15H21BrFNO2. The van der Waals surface area contributed by atoms with E-state index in [-0.39, 0.29) is 24.1 Å². The van der Waals surface area contributed by atoms with Crippen LogP contribution in [0, 0.1) is 5.82 Å². The molecule has 0 aliphatic carbocycles. The summed E-state index contributed by atoms with van der Waals surface area (Å²) in [6.45, 7) is 4.95. The van der Waals surface area contributed by atoms with Gasteiger partial charge >= 0.3 is 0 Å². The van der Waals surface area contributed by atoms with E-state index in [1.165, 1.54) is 6.07 Å². The van der Waals surface area contributed by atoms with Crippen molar-refractivity contribution in [3.63, 3.8) is 0 Å². The molecule has 2 rings (SSSR count). The average Bonchev–Trinajstić information content (AvgIpc) is 2.85. The summed E-state index contributed by atoms with van der Waals surface area (Å²) < 4.78 is 25.4. The number of halogens is 2. The van der Waals surface area contributed by atoms with Crippen LogP contribution < -0.4 is 10.1 Å². The van der Waals surface area contributed by atoms with E-state index >= 15 is 0 Å². The van der Waals surface area contributed by atoms with E-state index < -0.39 is 0 Å². The van der Waals surface area contributed by atoms with E-state index in [4.69, 9.17) is 9.47 Å². The van der Waals surface area contributed by atoms with Crippen LogP contribution in [0.25, 0.3) is 0 Å². The van der Waals surface area contributed by atoms with Gasteiger partial charge in [0.1, 0.15) is 11.6 Å². The molecule has 3 atom stereocenters. The SMILES string of the molecule is CCNC(c1cc(Br)c(F)cc1OC)C1CCC(C)O1. The fraction of sp³-hybridized carbons (Fsp3) is 0.600. The highest BCUT2D eigenvalue weighted by Gasteiger charge is 2.32. The molecule has 3 unspecified atom stereocenters. The highest BCUT2D eigenvalue weighted by atomic mass is 79.9. The zero-order valence-electron chi connectivity index (χ0n) is 12.1. The quantitative estimate of drug-likeness (QED) is 0.879. The average molecular weight is 346 g/mol. The molecule has 5 heteroatoms. The maximum absolute atomic E-state index is 13.7. The zero-order chi connectivity index (χ0) is 14.7. The van der Waals surface area contributed by atoms with Crippen molar-refractivity contribution in [1.29, 1.82) is 0 Å². The number of likely N-dealkylation sites (N-methyl/N-ethyl adjacent to an activating group) is 1. The topological polar surface area (TPSA) is 30.5 Å². The second kappa shape index (κ2) is 6.87. The molecule has 1 heterocycles. The Morgan fingerprint density at radius 2 is 2.25 bits per heavy atom. The van der Waals surface area contributed by atoms with Gasteiger partial charge in [-0.25, -0.2) is 4.39 Å². The largest absolute Gasteiger partial charge is 0.496 e. The van der Waals surface area contributed by atoms with Crippen LogP contribution in [0.5, 0.6) is 5.75 Å². The fourth-order valence-corrected chi connectivity index (χ4v) is 3.07. The summed E-state index contributed by atoms with van der Waals surface area (Å²) in [6, 6.07) is 3.22. The van der Waals surface area contributed by atoms with E-state index in [9.17, 15) is 4.39 Å². The van der Waals surface area contributed by atoms with Crippen LogP contribution in [0.4, 0.5) is 4.39 Å². The van der Waals surface area contributed by atoms with Crippen molar-refractivity contribution in [2.24, 2.45) is 0 Å². The normalized spacial score (nSPS) is 23.9. The van der Waals surface area contributed by atoms with Gasteiger partial charge in [-0.05, 0) is 48.3 Å². The van der Waals surface area contributed by atoms with Gasteiger partial charge in [-0.3, -0.25) is 0 Å². The van der Waals surface area contributed by atoms with Crippen molar-refractivity contribution < 1.29 is 13.9 Å². The molecule has 0 aromatic heterocycles. The van der Waals surface area contributed by atoms with E-state index in [0.717, 1.165) is 24.9 Å². The van der Waals surface area contributed by atoms with Crippen molar-refractivity contribution >= 4 is 15.9 Å². The summed E-state index contributed by atoms with van der Waals surface area (Å²) in [5, 5.41) is 3.43. The van der Waals surface area contributed by atoms with E-state index in [1.807, 2.05) is 0 Å². The Kier molecular flexibility index (Phi) is 5.41. The van der Waals surface area contributed by atoms with Gasteiger partial charge in [0.25, 0.3) is 0 Å². The summed E-state index contributed by atoms with van der Waals surface area (Å²) >= 11 is 3.25. The summed E-state index contributed by atoms with van der Waals surface area (Å²) in [6.07, 6.45) is 2.42. The number of hydrogen-bond donors (Lipinski definition) is 1. The first-order valence-corrected chi connectivity index (χ1v) is 7.77. The Morgan fingerprint density at radius 1 is 1.50 bits per heavy atom. The lowest BCUT2D eigenvalue weighted by Gasteiger charge is -2.26. The van der Waals surface area contributed by atoms with Crippen LogP contribution in [0.2, 0.25) is 0 Å². The van der Waals surface area contributed by atoms with Gasteiger partial charge in [0.05, 0.1) is 29.8 Å². The number of rotatable bonds is 5. The fourth-order valence-electron chi connectivity index (χ4n) is 2.70. The van der Waals surface area contributed by atoms with Gasteiger partial charge in [-0.1, -0.05) is 6.92 Å². The van der Waals surface area contributed by atoms with Crippen LogP contribution in [0.1, 0.15) is 38.3 Å². The second-order valence-corrected chi connectivity index (χ2v) is 5.96. The maximum Gasteiger partial charge on any atom is 0.141 e. The lowest BCUT2D eigenvalue weighted by atomic mass is 9.98. The molecule has 0 radical (unpaired) electrons. The van der Waals surface area contributed by atoms with Crippen LogP contribution in [0.3, 0.4) is 0 Å². The van der Waals surface area contributed by atoms with Gasteiger partial charge in [0, 0.05) is 11.6 Å². The van der Waals surface area contributed by atoms with Gasteiger partial charge in [-0.2, -0.15) is 0 Å². The second-order valence-electron chi connectivity index (χ2n) is 5.11. The summed E-state index contributed by atoms with van der Waals surface area (Å²) in [5.41, 5.74) is 0.932. The Morgan fingerprint density at radius 3 is 2.80 bits per heavy atom. The Balaban J connectivity index is 2.35. The molecule has 0 spiro atoms. The number of ether oxygens (including phenoxy) is 2. The first-order valence-electron chi connectivity index (χ1n) is 6.98. The molecule has 3 nitrogen and oxygen atoms in total. The van der Waals surface area contributed by atoms with E-state index in [1.54, 1.807) is 13.2 Å². The van der Waals surface area contributed by atoms with Gasteiger partial charge in [0.15, 0.2) is 0 Å². The van der Waals surface area contributed by atoms with Crippen molar-refractivity contribution in [3.8, 4) is 5.75 Å². The summed E-state index contributed by atoms with van der Waals surface area (Å²) in [5.74, 6) is 0.237. The first kappa shape index (κ1) is 15.7. The minimum atomic E-state index is -0.318. The third-order valence-corrected chi connectivity index (χ3v) is 4.28. The highest BCUT2D eigenvalue weighted by Crippen LogP contribution is 2.37. The molecular weight excluding hydrogens is 325 g/mol. The van der Waals surface area contributed by atoms with Crippen molar-refractivity contribution in [2.75, 3.05) is 13.7 Å². The molecule has 0 amide bonds. The molecule has 1 aliphatic rings. The van der Waals surface area contributed by atoms with E-state index in [2.05, 4.69) is 35.1 Å². The smallest absolute Gasteiger partial charge is 0.141 e. The summed E-state index contributed by atoms with van der Waals surface area (Å²) in [4.78, 5) is 0. The molecule has 1 saturated heterocycles. The molecule has 20 heavy (non-hydrogen) atoms. The van der Waals surface area contributed by atoms with Crippen LogP contribution in [0.15, 0.2) is 16.6 Å². The third-order valence-electron chi connectivity index (χ3n) is 3.67. The standard InChI is InChI=1S/C15H21BrFNO2/c1-4-18-15(13-6-5-9(2)20-13)10-7-11(16)12(17)8-14(10)19-3/h7-9,13,15,18H,4-6H2,1-3H3. The number of nitrogens with one attached hydrogen (secondary N) is 1. The molecule has 1 aromatic carbocycles. The maximum atomic E-state index is 13.7. The lowest BCUT2D eigenvalue weighted by molar-refractivity contribution is 0.0314. The molecule has 1 aromatic rings. The lowest BCUT2D eigenvalue weighted by Crippen LogP contribution is -2.32. The summed E-state index contributed by atoms with van der Waals surface area (Å²) in [7, 11) is 1.56. The van der Waals surface area contributed by atoms with Gasteiger partial charge in [0.2, 0.25) is 0 Å². The van der Waals surface area contributed by atoms with Gasteiger partial charge < -0.3 is 14.8 Å². The highest BCUT2D eigenvalue weighted by molar-refractivity contribution is 9.10. The van der Waals surface area contributed by atoms with Crippen molar-refractivity contribution in [3.05, 3.63) is 28.0 Å². The molecule has 0 bridgehead atoms. The minimum Gasteiger partial charge on any atom is -0.496 e. The molecule has 1 aliphatic heterocycles. The predicted octanol–water partition coefficient (Wildman–Crippen LogP) is 3.81. The minimum absolute atomic E-state index is 0.0109. The first-order chi connectivity index (χ1) is 9.56. The number of benzene rings is 1. The molecule has 1 N–H and O–H groups in total. The predicted molar refractivity (Wildman–Crippen MR) is 80.6 cm³/mol. The third kappa shape index (κ3) is 3.32. The van der Waals surface area contributed by atoms with Crippen LogP contribution in [-0.2, 0) is 4.74 Å². The Bertz CT molecular complexity index is 469. The van der Waals surface area contributed by atoms with Crippen LogP contribution >= 0.6 is 15.9 Å².